The lowest BCUT2D eigenvalue weighted by atomic mass is 9.83. The van der Waals surface area contributed by atoms with Gasteiger partial charge in [-0.2, -0.15) is 0 Å². The molecule has 3 rings (SSSR count). The number of hydrogen-bond acceptors (Lipinski definition) is 4. The van der Waals surface area contributed by atoms with E-state index in [4.69, 9.17) is 0 Å². The summed E-state index contributed by atoms with van der Waals surface area (Å²) in [5.41, 5.74) is 5.91. The lowest BCUT2D eigenvalue weighted by Gasteiger charge is -2.25. The van der Waals surface area contributed by atoms with Gasteiger partial charge in [-0.25, -0.2) is 9.97 Å². The van der Waals surface area contributed by atoms with Crippen molar-refractivity contribution in [2.75, 3.05) is 12.8 Å². The van der Waals surface area contributed by atoms with Gasteiger partial charge in [0.25, 0.3) is 0 Å². The Balaban J connectivity index is 1.55. The Hall–Kier alpha value is -1.88. The molecule has 0 spiro atoms. The fraction of sp³-hybridized carbons (Fsp3) is 0.476. The summed E-state index contributed by atoms with van der Waals surface area (Å²) >= 11 is 1.55. The van der Waals surface area contributed by atoms with E-state index in [2.05, 4.69) is 39.6 Å². The van der Waals surface area contributed by atoms with Gasteiger partial charge in [0.05, 0.1) is 0 Å². The summed E-state index contributed by atoms with van der Waals surface area (Å²) in [5.74, 6) is 0.553. The van der Waals surface area contributed by atoms with Gasteiger partial charge < -0.3 is 5.32 Å². The number of fused-ring (bicyclic) bond motifs is 1. The zero-order valence-electron chi connectivity index (χ0n) is 15.8. The summed E-state index contributed by atoms with van der Waals surface area (Å²) in [4.78, 5) is 21.4. The molecule has 1 amide bonds. The summed E-state index contributed by atoms with van der Waals surface area (Å²) < 4.78 is 0. The smallest absolute Gasteiger partial charge is 0.220 e. The molecular formula is C21H27N3OS. The van der Waals surface area contributed by atoms with Crippen molar-refractivity contribution in [2.24, 2.45) is 0 Å². The van der Waals surface area contributed by atoms with Crippen LogP contribution in [0.4, 0.5) is 0 Å². The fourth-order valence-electron chi connectivity index (χ4n) is 3.79. The molecule has 0 saturated carbocycles. The molecule has 1 aromatic carbocycles. The number of hydrogen-bond donors (Lipinski definition) is 1. The van der Waals surface area contributed by atoms with E-state index in [1.165, 1.54) is 17.5 Å². The predicted molar refractivity (Wildman–Crippen MR) is 107 cm³/mol. The van der Waals surface area contributed by atoms with Crippen molar-refractivity contribution in [3.8, 4) is 0 Å². The Morgan fingerprint density at radius 3 is 2.69 bits per heavy atom. The zero-order chi connectivity index (χ0) is 18.5. The maximum atomic E-state index is 12.4. The van der Waals surface area contributed by atoms with Gasteiger partial charge in [0, 0.05) is 30.3 Å². The molecule has 1 unspecified atom stereocenters. The van der Waals surface area contributed by atoms with Crippen LogP contribution in [0.3, 0.4) is 0 Å². The van der Waals surface area contributed by atoms with Crippen molar-refractivity contribution in [3.63, 3.8) is 0 Å². The summed E-state index contributed by atoms with van der Waals surface area (Å²) in [6.07, 6.45) is 6.67. The molecule has 1 aliphatic carbocycles. The van der Waals surface area contributed by atoms with E-state index in [0.717, 1.165) is 41.5 Å². The molecule has 1 N–H and O–H groups in total. The van der Waals surface area contributed by atoms with Crippen LogP contribution in [-0.4, -0.2) is 28.7 Å². The van der Waals surface area contributed by atoms with Crippen LogP contribution < -0.4 is 5.32 Å². The third-order valence-electron chi connectivity index (χ3n) is 5.22. The highest BCUT2D eigenvalue weighted by Crippen LogP contribution is 2.30. The Morgan fingerprint density at radius 2 is 1.96 bits per heavy atom. The lowest BCUT2D eigenvalue weighted by molar-refractivity contribution is -0.121. The lowest BCUT2D eigenvalue weighted by Crippen LogP contribution is -2.30. The van der Waals surface area contributed by atoms with E-state index in [1.54, 1.807) is 11.8 Å². The van der Waals surface area contributed by atoms with Crippen molar-refractivity contribution in [1.82, 2.24) is 15.3 Å². The molecular weight excluding hydrogens is 342 g/mol. The highest BCUT2D eigenvalue weighted by Gasteiger charge is 2.20. The Labute approximate surface area is 160 Å². The quantitative estimate of drug-likeness (QED) is 0.618. The number of carbonyl (C=O) groups is 1. The number of nitrogens with zero attached hydrogens (tertiary/aromatic N) is 2. The van der Waals surface area contributed by atoms with Crippen molar-refractivity contribution < 1.29 is 4.79 Å². The molecule has 0 aliphatic heterocycles. The van der Waals surface area contributed by atoms with Crippen molar-refractivity contribution in [2.45, 2.75) is 57.0 Å². The van der Waals surface area contributed by atoms with Gasteiger partial charge in [0.2, 0.25) is 5.91 Å². The van der Waals surface area contributed by atoms with E-state index in [1.807, 2.05) is 20.1 Å². The molecule has 1 aliphatic rings. The molecule has 2 aromatic rings. The van der Waals surface area contributed by atoms with Crippen LogP contribution in [0.1, 0.15) is 53.3 Å². The summed E-state index contributed by atoms with van der Waals surface area (Å²) in [5, 5.41) is 3.94. The average molecular weight is 370 g/mol. The number of benzene rings is 1. The van der Waals surface area contributed by atoms with Gasteiger partial charge in [-0.15, -0.1) is 0 Å². The van der Waals surface area contributed by atoms with E-state index in [0.29, 0.717) is 18.8 Å². The first kappa shape index (κ1) is 18.9. The first-order valence-electron chi connectivity index (χ1n) is 9.31. The maximum Gasteiger partial charge on any atom is 0.220 e. The summed E-state index contributed by atoms with van der Waals surface area (Å²) in [6.45, 7) is 4.73. The maximum absolute atomic E-state index is 12.4. The van der Waals surface area contributed by atoms with Crippen molar-refractivity contribution in [1.29, 1.82) is 0 Å². The second kappa shape index (κ2) is 8.67. The third-order valence-corrected chi connectivity index (χ3v) is 5.77. The number of nitrogens with one attached hydrogen (secondary N) is 1. The average Bonchev–Trinajstić information content (AvgIpc) is 2.65. The molecule has 1 atom stereocenters. The molecule has 0 saturated heterocycles. The van der Waals surface area contributed by atoms with E-state index in [9.17, 15) is 4.79 Å². The van der Waals surface area contributed by atoms with E-state index in [-0.39, 0.29) is 5.91 Å². The minimum Gasteiger partial charge on any atom is -0.355 e. The number of thioether (sulfide) groups is 1. The number of carbonyl (C=O) groups excluding carboxylic acids is 1. The Bertz CT molecular complexity index is 768. The number of amides is 1. The molecule has 1 aromatic heterocycles. The van der Waals surface area contributed by atoms with Crippen molar-refractivity contribution >= 4 is 17.7 Å². The van der Waals surface area contributed by atoms with Crippen LogP contribution in [0.15, 0.2) is 29.4 Å². The van der Waals surface area contributed by atoms with Gasteiger partial charge in [0.1, 0.15) is 0 Å². The van der Waals surface area contributed by atoms with Crippen LogP contribution in [0.2, 0.25) is 0 Å². The monoisotopic (exact) mass is 369 g/mol. The second-order valence-corrected chi connectivity index (χ2v) is 7.73. The largest absolute Gasteiger partial charge is 0.355 e. The number of rotatable bonds is 6. The van der Waals surface area contributed by atoms with Crippen LogP contribution in [0.5, 0.6) is 0 Å². The van der Waals surface area contributed by atoms with Crippen LogP contribution in [-0.2, 0) is 17.6 Å². The molecule has 4 nitrogen and oxygen atoms in total. The molecule has 0 bridgehead atoms. The molecule has 0 radical (unpaired) electrons. The third kappa shape index (κ3) is 4.44. The minimum atomic E-state index is 0.112. The van der Waals surface area contributed by atoms with E-state index < -0.39 is 0 Å². The van der Waals surface area contributed by atoms with Gasteiger partial charge in [0.15, 0.2) is 5.16 Å². The Kier molecular flexibility index (Phi) is 6.30. The summed E-state index contributed by atoms with van der Waals surface area (Å²) in [7, 11) is 0. The SMILES string of the molecule is CSc1nc(C)c(CCC(=O)NCC2CCCc3ccccc32)c(C)n1. The van der Waals surface area contributed by atoms with Gasteiger partial charge in [-0.1, -0.05) is 36.0 Å². The topological polar surface area (TPSA) is 54.9 Å². The number of aryl methyl sites for hydroxylation is 3. The molecule has 1 heterocycles. The van der Waals surface area contributed by atoms with Crippen LogP contribution in [0, 0.1) is 13.8 Å². The first-order chi connectivity index (χ1) is 12.6. The van der Waals surface area contributed by atoms with E-state index >= 15 is 0 Å². The molecule has 26 heavy (non-hydrogen) atoms. The summed E-state index contributed by atoms with van der Waals surface area (Å²) in [6, 6.07) is 8.63. The first-order valence-corrected chi connectivity index (χ1v) is 10.5. The highest BCUT2D eigenvalue weighted by molar-refractivity contribution is 7.98. The van der Waals surface area contributed by atoms with Crippen LogP contribution >= 0.6 is 11.8 Å². The minimum absolute atomic E-state index is 0.112. The van der Waals surface area contributed by atoms with Gasteiger partial charge >= 0.3 is 0 Å². The van der Waals surface area contributed by atoms with Gasteiger partial charge in [-0.3, -0.25) is 4.79 Å². The Morgan fingerprint density at radius 1 is 1.23 bits per heavy atom. The standard InChI is InChI=1S/C21H27N3OS/c1-14-18(15(2)24-21(23-14)26-3)11-12-20(25)22-13-17-9-6-8-16-7-4-5-10-19(16)17/h4-5,7,10,17H,6,8-9,11-13H2,1-3H3,(H,22,25). The molecule has 0 fully saturated rings. The predicted octanol–water partition coefficient (Wildman–Crippen LogP) is 3.98. The fourth-order valence-corrected chi connectivity index (χ4v) is 4.25. The number of aromatic nitrogens is 2. The highest BCUT2D eigenvalue weighted by atomic mass is 32.2. The molecule has 138 valence electrons. The second-order valence-electron chi connectivity index (χ2n) is 6.95. The van der Waals surface area contributed by atoms with Crippen LogP contribution in [0.25, 0.3) is 0 Å². The normalized spacial score (nSPS) is 16.2. The zero-order valence-corrected chi connectivity index (χ0v) is 16.7. The van der Waals surface area contributed by atoms with Gasteiger partial charge in [-0.05, 0) is 62.5 Å². The van der Waals surface area contributed by atoms with Crippen molar-refractivity contribution in [3.05, 3.63) is 52.3 Å². The molecule has 5 heteroatoms.